The highest BCUT2D eigenvalue weighted by Gasteiger charge is 1.99. The molecule has 0 bridgehead atoms. The van der Waals surface area contributed by atoms with Gasteiger partial charge in [0.1, 0.15) is 5.15 Å². The zero-order chi connectivity index (χ0) is 14.9. The van der Waals surface area contributed by atoms with E-state index in [-0.39, 0.29) is 0 Å². The molecule has 0 unspecified atom stereocenters. The minimum absolute atomic E-state index is 0.526. The van der Waals surface area contributed by atoms with Crippen molar-refractivity contribution in [3.63, 3.8) is 0 Å². The predicted octanol–water partition coefficient (Wildman–Crippen LogP) is 2.75. The van der Waals surface area contributed by atoms with Gasteiger partial charge in [0.05, 0.1) is 0 Å². The summed E-state index contributed by atoms with van der Waals surface area (Å²) in [7, 11) is 1.78. The fourth-order valence-electron chi connectivity index (χ4n) is 1.86. The molecule has 2 heterocycles. The Kier molecular flexibility index (Phi) is 6.50. The molecular weight excluding hydrogens is 304 g/mol. The summed E-state index contributed by atoms with van der Waals surface area (Å²) in [4.78, 5) is 9.66. The number of nitrogens with zero attached hydrogens (tertiary/aromatic N) is 2. The third kappa shape index (κ3) is 5.73. The number of thiophene rings is 1. The Morgan fingerprint density at radius 2 is 2.05 bits per heavy atom. The lowest BCUT2D eigenvalue weighted by atomic mass is 10.2. The van der Waals surface area contributed by atoms with E-state index in [1.165, 1.54) is 4.88 Å². The molecule has 0 aliphatic heterocycles. The standard InChI is InChI=1S/C15H19ClN4S/c1-17-15(19-9-7-13-3-2-10-21-13)18-8-6-12-4-5-14(16)20-11-12/h2-5,10-11H,6-9H2,1H3,(H2,17,18,19). The highest BCUT2D eigenvalue weighted by molar-refractivity contribution is 7.09. The van der Waals surface area contributed by atoms with Crippen molar-refractivity contribution in [3.05, 3.63) is 51.4 Å². The van der Waals surface area contributed by atoms with Gasteiger partial charge in [-0.2, -0.15) is 0 Å². The van der Waals surface area contributed by atoms with Crippen LogP contribution in [-0.2, 0) is 12.8 Å². The second kappa shape index (κ2) is 8.64. The van der Waals surface area contributed by atoms with Crippen LogP contribution in [0.5, 0.6) is 0 Å². The Hall–Kier alpha value is -1.59. The molecule has 0 aliphatic rings. The van der Waals surface area contributed by atoms with Gasteiger partial charge in [-0.15, -0.1) is 11.3 Å². The van der Waals surface area contributed by atoms with E-state index in [0.717, 1.165) is 37.5 Å². The van der Waals surface area contributed by atoms with E-state index in [4.69, 9.17) is 11.6 Å². The highest BCUT2D eigenvalue weighted by atomic mass is 35.5. The first-order chi connectivity index (χ1) is 10.3. The summed E-state index contributed by atoms with van der Waals surface area (Å²) >= 11 is 7.54. The van der Waals surface area contributed by atoms with Crippen molar-refractivity contribution >= 4 is 28.9 Å². The maximum atomic E-state index is 5.76. The van der Waals surface area contributed by atoms with Crippen LogP contribution in [0.2, 0.25) is 5.15 Å². The first-order valence-corrected chi connectivity index (χ1v) is 8.11. The van der Waals surface area contributed by atoms with Crippen LogP contribution in [0.25, 0.3) is 0 Å². The van der Waals surface area contributed by atoms with E-state index < -0.39 is 0 Å². The SMILES string of the molecule is CN=C(NCCc1ccc(Cl)nc1)NCCc1cccs1. The van der Waals surface area contributed by atoms with Gasteiger partial charge in [-0.25, -0.2) is 4.98 Å². The number of aliphatic imine (C=N–C) groups is 1. The third-order valence-electron chi connectivity index (χ3n) is 2.96. The van der Waals surface area contributed by atoms with Gasteiger partial charge in [0.25, 0.3) is 0 Å². The number of aromatic nitrogens is 1. The van der Waals surface area contributed by atoms with Crippen LogP contribution in [0.1, 0.15) is 10.4 Å². The van der Waals surface area contributed by atoms with Crippen LogP contribution < -0.4 is 10.6 Å². The molecule has 0 atom stereocenters. The topological polar surface area (TPSA) is 49.3 Å². The predicted molar refractivity (Wildman–Crippen MR) is 90.3 cm³/mol. The molecule has 6 heteroatoms. The number of guanidine groups is 1. The van der Waals surface area contributed by atoms with E-state index in [0.29, 0.717) is 5.15 Å². The van der Waals surface area contributed by atoms with Crippen LogP contribution in [0.3, 0.4) is 0 Å². The number of hydrogen-bond donors (Lipinski definition) is 2. The molecule has 2 N–H and O–H groups in total. The van der Waals surface area contributed by atoms with Crippen molar-refractivity contribution < 1.29 is 0 Å². The van der Waals surface area contributed by atoms with Crippen LogP contribution >= 0.6 is 22.9 Å². The summed E-state index contributed by atoms with van der Waals surface area (Å²) in [6.45, 7) is 1.69. The number of halogens is 1. The van der Waals surface area contributed by atoms with Crippen molar-refractivity contribution in [1.82, 2.24) is 15.6 Å². The third-order valence-corrected chi connectivity index (χ3v) is 4.12. The summed E-state index contributed by atoms with van der Waals surface area (Å²) in [6, 6.07) is 8.03. The van der Waals surface area contributed by atoms with Gasteiger partial charge in [0.15, 0.2) is 5.96 Å². The molecule has 0 aliphatic carbocycles. The monoisotopic (exact) mass is 322 g/mol. The van der Waals surface area contributed by atoms with Gasteiger partial charge in [0, 0.05) is 31.2 Å². The fraction of sp³-hybridized carbons (Fsp3) is 0.333. The van der Waals surface area contributed by atoms with Gasteiger partial charge in [-0.1, -0.05) is 23.7 Å². The van der Waals surface area contributed by atoms with Crippen molar-refractivity contribution in [2.45, 2.75) is 12.8 Å². The molecule has 2 aromatic heterocycles. The molecule has 0 radical (unpaired) electrons. The van der Waals surface area contributed by atoms with Gasteiger partial charge in [-0.3, -0.25) is 4.99 Å². The number of hydrogen-bond acceptors (Lipinski definition) is 3. The maximum Gasteiger partial charge on any atom is 0.190 e. The Bertz CT molecular complexity index is 552. The molecular formula is C15H19ClN4S. The summed E-state index contributed by atoms with van der Waals surface area (Å²) in [5.41, 5.74) is 1.15. The average molecular weight is 323 g/mol. The minimum Gasteiger partial charge on any atom is -0.356 e. The normalized spacial score (nSPS) is 11.4. The molecule has 0 spiro atoms. The smallest absolute Gasteiger partial charge is 0.190 e. The molecule has 0 amide bonds. The lowest BCUT2D eigenvalue weighted by Gasteiger charge is -2.11. The van der Waals surface area contributed by atoms with Crippen LogP contribution in [0, 0.1) is 0 Å². The van der Waals surface area contributed by atoms with E-state index in [1.807, 2.05) is 12.1 Å². The van der Waals surface area contributed by atoms with E-state index >= 15 is 0 Å². The lowest BCUT2D eigenvalue weighted by molar-refractivity contribution is 0.786. The Labute approximate surface area is 134 Å². The Morgan fingerprint density at radius 3 is 2.67 bits per heavy atom. The highest BCUT2D eigenvalue weighted by Crippen LogP contribution is 2.08. The summed E-state index contributed by atoms with van der Waals surface area (Å²) in [5, 5.41) is 9.23. The molecule has 2 aromatic rings. The zero-order valence-corrected chi connectivity index (χ0v) is 13.5. The lowest BCUT2D eigenvalue weighted by Crippen LogP contribution is -2.39. The molecule has 0 saturated carbocycles. The first-order valence-electron chi connectivity index (χ1n) is 6.85. The zero-order valence-electron chi connectivity index (χ0n) is 12.0. The number of pyridine rings is 1. The molecule has 0 fully saturated rings. The second-order valence-corrected chi connectivity index (χ2v) is 5.91. The summed E-state index contributed by atoms with van der Waals surface area (Å²) < 4.78 is 0. The minimum atomic E-state index is 0.526. The largest absolute Gasteiger partial charge is 0.356 e. The molecule has 21 heavy (non-hydrogen) atoms. The van der Waals surface area contributed by atoms with Gasteiger partial charge in [0.2, 0.25) is 0 Å². The summed E-state index contributed by atoms with van der Waals surface area (Å²) in [6.07, 6.45) is 3.70. The molecule has 0 aromatic carbocycles. The van der Waals surface area contributed by atoms with E-state index in [2.05, 4.69) is 38.1 Å². The van der Waals surface area contributed by atoms with Crippen molar-refractivity contribution in [3.8, 4) is 0 Å². The first kappa shape index (κ1) is 15.8. The van der Waals surface area contributed by atoms with Gasteiger partial charge in [-0.05, 0) is 35.9 Å². The summed E-state index contributed by atoms with van der Waals surface area (Å²) in [5.74, 6) is 0.827. The molecule has 112 valence electrons. The van der Waals surface area contributed by atoms with Crippen LogP contribution in [-0.4, -0.2) is 31.1 Å². The Morgan fingerprint density at radius 1 is 1.24 bits per heavy atom. The van der Waals surface area contributed by atoms with E-state index in [1.54, 1.807) is 24.6 Å². The van der Waals surface area contributed by atoms with Crippen LogP contribution in [0.4, 0.5) is 0 Å². The molecule has 2 rings (SSSR count). The van der Waals surface area contributed by atoms with Gasteiger partial charge < -0.3 is 10.6 Å². The van der Waals surface area contributed by atoms with Crippen molar-refractivity contribution in [1.29, 1.82) is 0 Å². The Balaban J connectivity index is 1.66. The maximum absolute atomic E-state index is 5.76. The second-order valence-electron chi connectivity index (χ2n) is 4.49. The quantitative estimate of drug-likeness (QED) is 0.488. The van der Waals surface area contributed by atoms with Gasteiger partial charge >= 0.3 is 0 Å². The van der Waals surface area contributed by atoms with E-state index in [9.17, 15) is 0 Å². The molecule has 4 nitrogen and oxygen atoms in total. The number of nitrogens with one attached hydrogen (secondary N) is 2. The molecule has 0 saturated heterocycles. The van der Waals surface area contributed by atoms with Crippen molar-refractivity contribution in [2.24, 2.45) is 4.99 Å². The van der Waals surface area contributed by atoms with Crippen molar-refractivity contribution in [2.75, 3.05) is 20.1 Å². The average Bonchev–Trinajstić information content (AvgIpc) is 3.01. The number of rotatable bonds is 6. The van der Waals surface area contributed by atoms with Crippen LogP contribution in [0.15, 0.2) is 40.8 Å². The fourth-order valence-corrected chi connectivity index (χ4v) is 2.68.